The van der Waals surface area contributed by atoms with Crippen molar-refractivity contribution in [3.8, 4) is 5.75 Å². The zero-order valence-corrected chi connectivity index (χ0v) is 15.5. The molecule has 8 heteroatoms. The van der Waals surface area contributed by atoms with Crippen LogP contribution in [0.1, 0.15) is 31.2 Å². The van der Waals surface area contributed by atoms with E-state index < -0.39 is 29.6 Å². The van der Waals surface area contributed by atoms with Crippen molar-refractivity contribution in [1.29, 1.82) is 0 Å². The fourth-order valence-corrected chi connectivity index (χ4v) is 3.39. The Bertz CT molecular complexity index is 664. The molecule has 3 N–H and O–H groups in total. The molecule has 0 aromatic heterocycles. The molecule has 0 unspecified atom stereocenters. The largest absolute Gasteiger partial charge is 0.483 e. The lowest BCUT2D eigenvalue weighted by Gasteiger charge is -2.27. The van der Waals surface area contributed by atoms with Crippen molar-refractivity contribution in [2.45, 2.75) is 32.6 Å². The monoisotopic (exact) mass is 412 g/mol. The predicted octanol–water partition coefficient (Wildman–Crippen LogP) is 2.17. The summed E-state index contributed by atoms with van der Waals surface area (Å²) in [6.45, 7) is 1.60. The molecule has 0 spiro atoms. The maximum absolute atomic E-state index is 12.1. The minimum absolute atomic E-state index is 0.254. The van der Waals surface area contributed by atoms with Crippen molar-refractivity contribution in [3.63, 3.8) is 0 Å². The highest BCUT2D eigenvalue weighted by atomic mass is 79.9. The van der Waals surface area contributed by atoms with Gasteiger partial charge in [-0.05, 0) is 43.5 Å². The van der Waals surface area contributed by atoms with Crippen molar-refractivity contribution < 1.29 is 24.2 Å². The topological polar surface area (TPSA) is 105 Å². The predicted molar refractivity (Wildman–Crippen MR) is 93.7 cm³/mol. The summed E-state index contributed by atoms with van der Waals surface area (Å²) in [6, 6.07) is 5.41. The first-order valence-corrected chi connectivity index (χ1v) is 8.88. The van der Waals surface area contributed by atoms with E-state index in [0.29, 0.717) is 18.6 Å². The van der Waals surface area contributed by atoms with Crippen LogP contribution in [0.5, 0.6) is 5.75 Å². The highest BCUT2D eigenvalue weighted by molar-refractivity contribution is 9.10. The molecule has 1 fully saturated rings. The second kappa shape index (κ2) is 8.84. The number of hydrogen-bond acceptors (Lipinski definition) is 4. The average Bonchev–Trinajstić information content (AvgIpc) is 2.58. The Hall–Kier alpha value is -2.09. The van der Waals surface area contributed by atoms with Crippen LogP contribution in [0.15, 0.2) is 22.7 Å². The number of benzene rings is 1. The summed E-state index contributed by atoms with van der Waals surface area (Å²) in [6.07, 6.45) is 2.59. The lowest BCUT2D eigenvalue weighted by Crippen LogP contribution is -2.49. The Labute approximate surface area is 154 Å². The number of ether oxygens (including phenoxy) is 1. The molecule has 2 amide bonds. The van der Waals surface area contributed by atoms with Gasteiger partial charge < -0.3 is 9.84 Å². The third-order valence-corrected chi connectivity index (χ3v) is 4.73. The second-order valence-corrected chi connectivity index (χ2v) is 6.99. The zero-order valence-electron chi connectivity index (χ0n) is 13.9. The van der Waals surface area contributed by atoms with Crippen LogP contribution in [-0.4, -0.2) is 29.5 Å². The van der Waals surface area contributed by atoms with Crippen LogP contribution >= 0.6 is 15.9 Å². The number of carboxylic acids is 1. The van der Waals surface area contributed by atoms with Crippen LogP contribution in [0.3, 0.4) is 0 Å². The first kappa shape index (κ1) is 19.2. The number of rotatable bonds is 5. The first-order valence-electron chi connectivity index (χ1n) is 8.09. The maximum Gasteiger partial charge on any atom is 0.307 e. The van der Waals surface area contributed by atoms with Gasteiger partial charge in [0.15, 0.2) is 6.61 Å². The molecular formula is C17H21BrN2O5. The first-order chi connectivity index (χ1) is 11.9. The minimum Gasteiger partial charge on any atom is -0.483 e. The highest BCUT2D eigenvalue weighted by Crippen LogP contribution is 2.30. The van der Waals surface area contributed by atoms with E-state index in [4.69, 9.17) is 4.74 Å². The molecule has 136 valence electrons. The van der Waals surface area contributed by atoms with Gasteiger partial charge in [0.2, 0.25) is 5.91 Å². The summed E-state index contributed by atoms with van der Waals surface area (Å²) in [5.41, 5.74) is 5.46. The number of carbonyl (C=O) groups is 3. The normalized spacial score (nSPS) is 19.8. The number of amides is 2. The minimum atomic E-state index is -0.972. The molecule has 0 aliphatic heterocycles. The fraction of sp³-hybridized carbons (Fsp3) is 0.471. The summed E-state index contributed by atoms with van der Waals surface area (Å²) in [5, 5.41) is 9.20. The molecule has 25 heavy (non-hydrogen) atoms. The van der Waals surface area contributed by atoms with E-state index in [9.17, 15) is 19.5 Å². The van der Waals surface area contributed by atoms with Gasteiger partial charge >= 0.3 is 5.97 Å². The Morgan fingerprint density at radius 2 is 1.88 bits per heavy atom. The van der Waals surface area contributed by atoms with E-state index in [1.807, 2.05) is 13.0 Å². The van der Waals surface area contributed by atoms with E-state index in [2.05, 4.69) is 26.8 Å². The van der Waals surface area contributed by atoms with Gasteiger partial charge in [-0.25, -0.2) is 0 Å². The van der Waals surface area contributed by atoms with E-state index in [-0.39, 0.29) is 6.61 Å². The number of hydrogen-bond donors (Lipinski definition) is 3. The van der Waals surface area contributed by atoms with Crippen LogP contribution in [0.2, 0.25) is 0 Å². The van der Waals surface area contributed by atoms with Crippen LogP contribution in [0, 0.1) is 18.8 Å². The summed E-state index contributed by atoms with van der Waals surface area (Å²) < 4.78 is 6.32. The maximum atomic E-state index is 12.1. The van der Waals surface area contributed by atoms with Crippen LogP contribution in [0.25, 0.3) is 0 Å². The number of hydrazine groups is 1. The van der Waals surface area contributed by atoms with E-state index >= 15 is 0 Å². The molecular weight excluding hydrogens is 392 g/mol. The van der Waals surface area contributed by atoms with Gasteiger partial charge in [0.25, 0.3) is 5.91 Å². The van der Waals surface area contributed by atoms with Gasteiger partial charge in [-0.1, -0.05) is 28.8 Å². The lowest BCUT2D eigenvalue weighted by molar-refractivity contribution is -0.149. The number of halogens is 1. The molecule has 1 aliphatic carbocycles. The number of aliphatic carboxylic acids is 1. The third-order valence-electron chi connectivity index (χ3n) is 4.24. The Kier molecular flexibility index (Phi) is 6.81. The third kappa shape index (κ3) is 5.45. The molecule has 0 heterocycles. The molecule has 1 aliphatic rings. The molecule has 0 bridgehead atoms. The fourth-order valence-electron chi connectivity index (χ4n) is 2.92. The van der Waals surface area contributed by atoms with Crippen LogP contribution < -0.4 is 15.6 Å². The average molecular weight is 413 g/mol. The molecule has 1 aromatic carbocycles. The summed E-state index contributed by atoms with van der Waals surface area (Å²) in [4.78, 5) is 35.2. The van der Waals surface area contributed by atoms with Crippen molar-refractivity contribution in [1.82, 2.24) is 10.9 Å². The number of carboxylic acid groups (broad SMARTS) is 1. The van der Waals surface area contributed by atoms with Gasteiger partial charge in [0.1, 0.15) is 5.75 Å². The molecule has 0 radical (unpaired) electrons. The Morgan fingerprint density at radius 1 is 1.20 bits per heavy atom. The van der Waals surface area contributed by atoms with Crippen molar-refractivity contribution in [3.05, 3.63) is 28.2 Å². The quantitative estimate of drug-likeness (QED) is 0.642. The smallest absolute Gasteiger partial charge is 0.307 e. The van der Waals surface area contributed by atoms with Crippen molar-refractivity contribution in [2.75, 3.05) is 6.61 Å². The van der Waals surface area contributed by atoms with Gasteiger partial charge in [-0.15, -0.1) is 0 Å². The number of nitrogens with one attached hydrogen (secondary N) is 2. The number of carbonyl (C=O) groups excluding carboxylic acids is 2. The van der Waals surface area contributed by atoms with Crippen molar-refractivity contribution >= 4 is 33.7 Å². The molecule has 1 aromatic rings. The van der Waals surface area contributed by atoms with Crippen LogP contribution in [-0.2, 0) is 14.4 Å². The number of aryl methyl sites for hydroxylation is 1. The molecule has 1 saturated carbocycles. The summed E-state index contributed by atoms with van der Waals surface area (Å²) >= 11 is 3.35. The summed E-state index contributed by atoms with van der Waals surface area (Å²) in [5.74, 6) is -2.71. The molecule has 0 saturated heterocycles. The Morgan fingerprint density at radius 3 is 2.52 bits per heavy atom. The SMILES string of the molecule is Cc1cc(Br)ccc1OCC(=O)NNC(=O)[C@@H]1CCCC[C@@H]1C(=O)O. The van der Waals surface area contributed by atoms with E-state index in [0.717, 1.165) is 22.9 Å². The van der Waals surface area contributed by atoms with Gasteiger partial charge in [0.05, 0.1) is 11.8 Å². The van der Waals surface area contributed by atoms with E-state index in [1.165, 1.54) is 0 Å². The molecule has 2 rings (SSSR count). The van der Waals surface area contributed by atoms with Gasteiger partial charge in [-0.2, -0.15) is 0 Å². The second-order valence-electron chi connectivity index (χ2n) is 6.07. The molecule has 2 atom stereocenters. The Balaban J connectivity index is 1.80. The summed E-state index contributed by atoms with van der Waals surface area (Å²) in [7, 11) is 0. The zero-order chi connectivity index (χ0) is 18.4. The van der Waals surface area contributed by atoms with E-state index in [1.54, 1.807) is 12.1 Å². The highest BCUT2D eigenvalue weighted by Gasteiger charge is 2.35. The molecule has 7 nitrogen and oxygen atoms in total. The van der Waals surface area contributed by atoms with Gasteiger partial charge in [0, 0.05) is 4.47 Å². The van der Waals surface area contributed by atoms with Gasteiger partial charge in [-0.3, -0.25) is 25.2 Å². The lowest BCUT2D eigenvalue weighted by atomic mass is 9.79. The van der Waals surface area contributed by atoms with Crippen molar-refractivity contribution in [2.24, 2.45) is 11.8 Å². The van der Waals surface area contributed by atoms with Crippen LogP contribution in [0.4, 0.5) is 0 Å². The standard InChI is InChI=1S/C17H21BrN2O5/c1-10-8-11(18)6-7-14(10)25-9-15(21)19-20-16(22)12-4-2-3-5-13(12)17(23)24/h6-8,12-13H,2-5,9H2,1H3,(H,19,21)(H,20,22)(H,23,24)/t12-,13+/m1/s1.